The molecule has 0 atom stereocenters. The molecule has 0 aliphatic rings. The summed E-state index contributed by atoms with van der Waals surface area (Å²) in [5.74, 6) is -5.81. The van der Waals surface area contributed by atoms with Gasteiger partial charge < -0.3 is 5.32 Å². The minimum absolute atomic E-state index is 0.0171. The van der Waals surface area contributed by atoms with Gasteiger partial charge in [0, 0.05) is 17.6 Å². The Morgan fingerprint density at radius 1 is 1.00 bits per heavy atom. The fourth-order valence-corrected chi connectivity index (χ4v) is 1.87. The number of halogens is 5. The van der Waals surface area contributed by atoms with Crippen LogP contribution in [-0.2, 0) is 6.54 Å². The SMILES string of the molecule is Cc1ccc(CNc2c(F)c(F)cc(F)c2F)cc1Cl. The summed E-state index contributed by atoms with van der Waals surface area (Å²) in [6, 6.07) is 5.20. The molecule has 2 aromatic carbocycles. The van der Waals surface area contributed by atoms with E-state index in [2.05, 4.69) is 5.32 Å². The molecule has 0 amide bonds. The molecule has 0 bridgehead atoms. The fourth-order valence-electron chi connectivity index (χ4n) is 1.67. The van der Waals surface area contributed by atoms with Crippen molar-refractivity contribution in [3.8, 4) is 0 Å². The molecule has 6 heteroatoms. The third-order valence-corrected chi connectivity index (χ3v) is 3.22. The molecule has 20 heavy (non-hydrogen) atoms. The molecule has 0 saturated heterocycles. The molecule has 2 rings (SSSR count). The summed E-state index contributed by atoms with van der Waals surface area (Å²) in [4.78, 5) is 0. The highest BCUT2D eigenvalue weighted by molar-refractivity contribution is 6.31. The smallest absolute Gasteiger partial charge is 0.185 e. The number of aryl methyl sites for hydroxylation is 1. The van der Waals surface area contributed by atoms with E-state index in [4.69, 9.17) is 11.6 Å². The summed E-state index contributed by atoms with van der Waals surface area (Å²) < 4.78 is 52.9. The van der Waals surface area contributed by atoms with E-state index in [0.717, 1.165) is 5.56 Å². The fraction of sp³-hybridized carbons (Fsp3) is 0.143. The number of anilines is 1. The van der Waals surface area contributed by atoms with Crippen LogP contribution in [0.5, 0.6) is 0 Å². The summed E-state index contributed by atoms with van der Waals surface area (Å²) in [7, 11) is 0. The Labute approximate surface area is 118 Å². The predicted molar refractivity (Wildman–Crippen MR) is 69.8 cm³/mol. The van der Waals surface area contributed by atoms with Crippen LogP contribution in [0.15, 0.2) is 24.3 Å². The second kappa shape index (κ2) is 5.71. The molecular weight excluding hydrogens is 294 g/mol. The number of benzene rings is 2. The van der Waals surface area contributed by atoms with E-state index in [1.807, 2.05) is 0 Å². The average molecular weight is 304 g/mol. The molecule has 0 spiro atoms. The molecule has 0 radical (unpaired) electrons. The van der Waals surface area contributed by atoms with Crippen molar-refractivity contribution in [1.29, 1.82) is 0 Å². The lowest BCUT2D eigenvalue weighted by molar-refractivity contribution is 0.458. The van der Waals surface area contributed by atoms with Crippen molar-refractivity contribution in [1.82, 2.24) is 0 Å². The summed E-state index contributed by atoms with van der Waals surface area (Å²) in [6.07, 6.45) is 0. The van der Waals surface area contributed by atoms with Crippen LogP contribution >= 0.6 is 11.6 Å². The molecule has 0 heterocycles. The van der Waals surface area contributed by atoms with E-state index in [1.165, 1.54) is 0 Å². The van der Waals surface area contributed by atoms with Crippen molar-refractivity contribution in [2.24, 2.45) is 0 Å². The summed E-state index contributed by atoms with van der Waals surface area (Å²) in [5.41, 5.74) is 0.646. The standard InChI is InChI=1S/C14H10ClF4N/c1-7-2-3-8(4-9(7)15)6-20-14-12(18)10(16)5-11(17)13(14)19/h2-5,20H,6H2,1H3. The van der Waals surface area contributed by atoms with Crippen LogP contribution in [-0.4, -0.2) is 0 Å². The van der Waals surface area contributed by atoms with Gasteiger partial charge in [-0.3, -0.25) is 0 Å². The first kappa shape index (κ1) is 14.7. The van der Waals surface area contributed by atoms with Gasteiger partial charge >= 0.3 is 0 Å². The Kier molecular flexibility index (Phi) is 4.18. The second-order valence-electron chi connectivity index (χ2n) is 4.28. The lowest BCUT2D eigenvalue weighted by atomic mass is 10.1. The van der Waals surface area contributed by atoms with Crippen LogP contribution in [0.1, 0.15) is 11.1 Å². The Balaban J connectivity index is 2.25. The van der Waals surface area contributed by atoms with Gasteiger partial charge in [0.2, 0.25) is 0 Å². The average Bonchev–Trinajstić information content (AvgIpc) is 2.40. The minimum atomic E-state index is -1.46. The number of nitrogens with one attached hydrogen (secondary N) is 1. The highest BCUT2D eigenvalue weighted by atomic mass is 35.5. The molecule has 0 aliphatic heterocycles. The normalized spacial score (nSPS) is 10.7. The van der Waals surface area contributed by atoms with Gasteiger partial charge in [0.25, 0.3) is 0 Å². The first-order valence-corrected chi connectivity index (χ1v) is 6.10. The number of rotatable bonds is 3. The van der Waals surface area contributed by atoms with Gasteiger partial charge in [-0.1, -0.05) is 23.7 Å². The third kappa shape index (κ3) is 2.88. The Hall–Kier alpha value is -1.75. The quantitative estimate of drug-likeness (QED) is 0.633. The summed E-state index contributed by atoms with van der Waals surface area (Å²) in [5, 5.41) is 2.83. The van der Waals surface area contributed by atoms with Gasteiger partial charge in [0.1, 0.15) is 5.69 Å². The molecule has 1 N–H and O–H groups in total. The highest BCUT2D eigenvalue weighted by Gasteiger charge is 2.18. The van der Waals surface area contributed by atoms with Crippen LogP contribution in [0, 0.1) is 30.2 Å². The van der Waals surface area contributed by atoms with Gasteiger partial charge in [-0.25, -0.2) is 17.6 Å². The number of hydrogen-bond donors (Lipinski definition) is 1. The van der Waals surface area contributed by atoms with Crippen molar-refractivity contribution < 1.29 is 17.6 Å². The summed E-state index contributed by atoms with van der Waals surface area (Å²) >= 11 is 5.91. The molecule has 0 aliphatic carbocycles. The largest absolute Gasteiger partial charge is 0.376 e. The van der Waals surface area contributed by atoms with Gasteiger partial charge in [0.15, 0.2) is 23.3 Å². The van der Waals surface area contributed by atoms with Gasteiger partial charge in [-0.2, -0.15) is 0 Å². The lowest BCUT2D eigenvalue weighted by Crippen LogP contribution is -2.07. The molecule has 2 aromatic rings. The van der Waals surface area contributed by atoms with E-state index in [1.54, 1.807) is 25.1 Å². The molecule has 106 valence electrons. The molecular formula is C14H10ClF4N. The number of hydrogen-bond acceptors (Lipinski definition) is 1. The van der Waals surface area contributed by atoms with Crippen molar-refractivity contribution in [3.05, 3.63) is 63.7 Å². The molecule has 0 unspecified atom stereocenters. The maximum Gasteiger partial charge on any atom is 0.185 e. The van der Waals surface area contributed by atoms with E-state index >= 15 is 0 Å². The van der Waals surface area contributed by atoms with Crippen LogP contribution in [0.4, 0.5) is 23.2 Å². The second-order valence-corrected chi connectivity index (χ2v) is 4.69. The molecule has 0 fully saturated rings. The maximum absolute atomic E-state index is 13.4. The van der Waals surface area contributed by atoms with Crippen LogP contribution in [0.25, 0.3) is 0 Å². The van der Waals surface area contributed by atoms with Crippen LogP contribution in [0.3, 0.4) is 0 Å². The van der Waals surface area contributed by atoms with Crippen molar-refractivity contribution >= 4 is 17.3 Å². The highest BCUT2D eigenvalue weighted by Crippen LogP contribution is 2.25. The van der Waals surface area contributed by atoms with Crippen LogP contribution < -0.4 is 5.32 Å². The minimum Gasteiger partial charge on any atom is -0.376 e. The van der Waals surface area contributed by atoms with Crippen molar-refractivity contribution in [2.75, 3.05) is 5.32 Å². The third-order valence-electron chi connectivity index (χ3n) is 2.82. The zero-order chi connectivity index (χ0) is 14.9. The van der Waals surface area contributed by atoms with E-state index in [-0.39, 0.29) is 12.6 Å². The summed E-state index contributed by atoms with van der Waals surface area (Å²) in [6.45, 7) is 1.79. The Morgan fingerprint density at radius 2 is 1.60 bits per heavy atom. The lowest BCUT2D eigenvalue weighted by Gasteiger charge is -2.10. The predicted octanol–water partition coefficient (Wildman–Crippen LogP) is 4.82. The van der Waals surface area contributed by atoms with Gasteiger partial charge in [-0.05, 0) is 24.1 Å². The van der Waals surface area contributed by atoms with E-state index in [9.17, 15) is 17.6 Å². The van der Waals surface area contributed by atoms with E-state index in [0.29, 0.717) is 10.6 Å². The van der Waals surface area contributed by atoms with Crippen molar-refractivity contribution in [3.63, 3.8) is 0 Å². The zero-order valence-corrected chi connectivity index (χ0v) is 11.2. The monoisotopic (exact) mass is 303 g/mol. The maximum atomic E-state index is 13.4. The Bertz CT molecular complexity index is 632. The van der Waals surface area contributed by atoms with Crippen LogP contribution in [0.2, 0.25) is 5.02 Å². The first-order chi connectivity index (χ1) is 9.40. The molecule has 1 nitrogen and oxygen atoms in total. The van der Waals surface area contributed by atoms with E-state index < -0.39 is 29.0 Å². The molecule has 0 aromatic heterocycles. The van der Waals surface area contributed by atoms with Gasteiger partial charge in [-0.15, -0.1) is 0 Å². The Morgan fingerprint density at radius 3 is 2.15 bits per heavy atom. The zero-order valence-electron chi connectivity index (χ0n) is 10.4. The topological polar surface area (TPSA) is 12.0 Å². The molecule has 0 saturated carbocycles. The first-order valence-electron chi connectivity index (χ1n) is 5.72. The van der Waals surface area contributed by atoms with Crippen molar-refractivity contribution in [2.45, 2.75) is 13.5 Å². The van der Waals surface area contributed by atoms with Gasteiger partial charge in [0.05, 0.1) is 0 Å².